The Morgan fingerprint density at radius 3 is 2.85 bits per heavy atom. The Balaban J connectivity index is 2.12. The number of nitrogens with two attached hydrogens (primary N) is 1. The van der Waals surface area contributed by atoms with Crippen LogP contribution < -0.4 is 5.73 Å². The molecule has 0 amide bonds. The number of fused-ring (bicyclic) bond motifs is 1. The van der Waals surface area contributed by atoms with Gasteiger partial charge in [0, 0.05) is 18.5 Å². The van der Waals surface area contributed by atoms with E-state index in [0.29, 0.717) is 24.6 Å². The molecule has 0 aliphatic carbocycles. The molecule has 1 aromatic heterocycles. The summed E-state index contributed by atoms with van der Waals surface area (Å²) in [6.07, 6.45) is 1.39. The minimum absolute atomic E-state index is 0.333. The van der Waals surface area contributed by atoms with Crippen LogP contribution in [0.1, 0.15) is 50.5 Å². The molecule has 0 radical (unpaired) electrons. The monoisotopic (exact) mass is 273 g/mol. The van der Waals surface area contributed by atoms with Gasteiger partial charge in [-0.1, -0.05) is 6.07 Å². The van der Waals surface area contributed by atoms with E-state index in [0.717, 1.165) is 29.9 Å². The van der Waals surface area contributed by atoms with Crippen LogP contribution in [0.25, 0.3) is 11.0 Å². The minimum Gasteiger partial charge on any atom is -0.378 e. The molecule has 4 nitrogen and oxygen atoms in total. The van der Waals surface area contributed by atoms with Crippen molar-refractivity contribution in [3.8, 4) is 0 Å². The number of hydrogen-bond acceptors (Lipinski definition) is 3. The highest BCUT2D eigenvalue weighted by atomic mass is 16.5. The summed E-state index contributed by atoms with van der Waals surface area (Å²) in [6.45, 7) is 7.89. The van der Waals surface area contributed by atoms with Crippen LogP contribution in [0.5, 0.6) is 0 Å². The zero-order valence-electron chi connectivity index (χ0n) is 12.5. The molecule has 20 heavy (non-hydrogen) atoms. The second kappa shape index (κ2) is 5.19. The van der Waals surface area contributed by atoms with Crippen molar-refractivity contribution in [2.75, 3.05) is 6.61 Å². The number of aromatic nitrogens is 2. The lowest BCUT2D eigenvalue weighted by Crippen LogP contribution is -2.11. The second-order valence-corrected chi connectivity index (χ2v) is 6.04. The quantitative estimate of drug-likeness (QED) is 0.935. The van der Waals surface area contributed by atoms with E-state index in [1.165, 1.54) is 5.52 Å². The molecule has 2 heterocycles. The van der Waals surface area contributed by atoms with Gasteiger partial charge in [-0.05, 0) is 44.9 Å². The van der Waals surface area contributed by atoms with Gasteiger partial charge in [0.05, 0.1) is 23.7 Å². The fraction of sp³-hybridized carbons (Fsp3) is 0.562. The molecule has 0 bridgehead atoms. The lowest BCUT2D eigenvalue weighted by molar-refractivity contribution is 0.123. The molecule has 2 aromatic rings. The maximum atomic E-state index is 5.73. The topological polar surface area (TPSA) is 53.1 Å². The number of ether oxygens (including phenoxy) is 1. The number of rotatable bonds is 3. The normalized spacial score (nSPS) is 23.1. The third kappa shape index (κ3) is 2.23. The zero-order valence-corrected chi connectivity index (χ0v) is 12.5. The molecular formula is C16H23N3O. The standard InChI is InChI=1S/C16H23N3O/c1-10(2)19-15-5-4-12(8-17)7-14(15)18-16(19)13-6-11(3)20-9-13/h4-5,7,10-11,13H,6,8-9,17H2,1-3H3. The van der Waals surface area contributed by atoms with E-state index in [-0.39, 0.29) is 0 Å². The molecule has 1 aliphatic rings. The maximum Gasteiger partial charge on any atom is 0.115 e. The van der Waals surface area contributed by atoms with Crippen LogP contribution in [0, 0.1) is 0 Å². The average molecular weight is 273 g/mol. The lowest BCUT2D eigenvalue weighted by atomic mass is 10.1. The van der Waals surface area contributed by atoms with Crippen molar-refractivity contribution in [1.82, 2.24) is 9.55 Å². The van der Waals surface area contributed by atoms with Crippen molar-refractivity contribution in [1.29, 1.82) is 0 Å². The van der Waals surface area contributed by atoms with Crippen molar-refractivity contribution < 1.29 is 4.74 Å². The Morgan fingerprint density at radius 1 is 1.45 bits per heavy atom. The highest BCUT2D eigenvalue weighted by Gasteiger charge is 2.29. The Kier molecular flexibility index (Phi) is 3.52. The fourth-order valence-electron chi connectivity index (χ4n) is 3.12. The maximum absolute atomic E-state index is 5.73. The largest absolute Gasteiger partial charge is 0.378 e. The first-order chi connectivity index (χ1) is 9.60. The summed E-state index contributed by atoms with van der Waals surface area (Å²) in [4.78, 5) is 4.89. The van der Waals surface area contributed by atoms with Gasteiger partial charge in [0.2, 0.25) is 0 Å². The van der Waals surface area contributed by atoms with E-state index < -0.39 is 0 Å². The number of nitrogens with zero attached hydrogens (tertiary/aromatic N) is 2. The zero-order chi connectivity index (χ0) is 14.3. The smallest absolute Gasteiger partial charge is 0.115 e. The summed E-state index contributed by atoms with van der Waals surface area (Å²) in [6, 6.07) is 6.75. The summed E-state index contributed by atoms with van der Waals surface area (Å²) in [5.41, 5.74) is 9.12. The Labute approximate surface area is 119 Å². The van der Waals surface area contributed by atoms with E-state index >= 15 is 0 Å². The first-order valence-corrected chi connectivity index (χ1v) is 7.42. The third-order valence-electron chi connectivity index (χ3n) is 4.10. The van der Waals surface area contributed by atoms with Gasteiger partial charge in [-0.2, -0.15) is 0 Å². The number of imidazole rings is 1. The number of benzene rings is 1. The van der Waals surface area contributed by atoms with Gasteiger partial charge in [0.25, 0.3) is 0 Å². The molecule has 2 N–H and O–H groups in total. The predicted molar refractivity (Wildman–Crippen MR) is 80.8 cm³/mol. The Bertz CT molecular complexity index is 617. The van der Waals surface area contributed by atoms with Crippen LogP contribution in [-0.4, -0.2) is 22.3 Å². The van der Waals surface area contributed by atoms with Crippen molar-refractivity contribution in [3.05, 3.63) is 29.6 Å². The summed E-state index contributed by atoms with van der Waals surface area (Å²) < 4.78 is 8.07. The van der Waals surface area contributed by atoms with Crippen molar-refractivity contribution >= 4 is 11.0 Å². The highest BCUT2D eigenvalue weighted by molar-refractivity contribution is 5.77. The summed E-state index contributed by atoms with van der Waals surface area (Å²) in [7, 11) is 0. The molecule has 1 aromatic carbocycles. The van der Waals surface area contributed by atoms with Crippen LogP contribution >= 0.6 is 0 Å². The Hall–Kier alpha value is -1.39. The molecule has 2 unspecified atom stereocenters. The molecule has 1 fully saturated rings. The van der Waals surface area contributed by atoms with Gasteiger partial charge >= 0.3 is 0 Å². The molecular weight excluding hydrogens is 250 g/mol. The SMILES string of the molecule is CC1CC(c2nc3cc(CN)ccc3n2C(C)C)CO1. The van der Waals surface area contributed by atoms with Gasteiger partial charge in [0.1, 0.15) is 5.82 Å². The van der Waals surface area contributed by atoms with E-state index in [9.17, 15) is 0 Å². The summed E-state index contributed by atoms with van der Waals surface area (Å²) in [5.74, 6) is 1.56. The molecule has 2 atom stereocenters. The number of hydrogen-bond donors (Lipinski definition) is 1. The van der Waals surface area contributed by atoms with Gasteiger partial charge in [-0.25, -0.2) is 4.98 Å². The van der Waals surface area contributed by atoms with Crippen LogP contribution in [-0.2, 0) is 11.3 Å². The van der Waals surface area contributed by atoms with Gasteiger partial charge in [-0.15, -0.1) is 0 Å². The van der Waals surface area contributed by atoms with Crippen molar-refractivity contribution in [2.45, 2.75) is 51.8 Å². The van der Waals surface area contributed by atoms with Gasteiger partial charge < -0.3 is 15.0 Å². The van der Waals surface area contributed by atoms with Crippen LogP contribution in [0.3, 0.4) is 0 Å². The molecule has 108 valence electrons. The Morgan fingerprint density at radius 2 is 2.25 bits per heavy atom. The molecule has 0 spiro atoms. The van der Waals surface area contributed by atoms with Crippen LogP contribution in [0.15, 0.2) is 18.2 Å². The van der Waals surface area contributed by atoms with Crippen LogP contribution in [0.4, 0.5) is 0 Å². The molecule has 4 heteroatoms. The van der Waals surface area contributed by atoms with E-state index in [2.05, 4.69) is 43.5 Å². The first-order valence-electron chi connectivity index (χ1n) is 7.42. The minimum atomic E-state index is 0.333. The highest BCUT2D eigenvalue weighted by Crippen LogP contribution is 2.33. The predicted octanol–water partition coefficient (Wildman–Crippen LogP) is 2.97. The van der Waals surface area contributed by atoms with Crippen molar-refractivity contribution in [3.63, 3.8) is 0 Å². The summed E-state index contributed by atoms with van der Waals surface area (Å²) >= 11 is 0. The molecule has 3 rings (SSSR count). The fourth-order valence-corrected chi connectivity index (χ4v) is 3.12. The lowest BCUT2D eigenvalue weighted by Gasteiger charge is -2.16. The third-order valence-corrected chi connectivity index (χ3v) is 4.10. The average Bonchev–Trinajstić information content (AvgIpc) is 3.00. The molecule has 0 saturated carbocycles. The van der Waals surface area contributed by atoms with Gasteiger partial charge in [0.15, 0.2) is 0 Å². The first kappa shape index (κ1) is 13.6. The second-order valence-electron chi connectivity index (χ2n) is 6.04. The molecule has 1 saturated heterocycles. The van der Waals surface area contributed by atoms with Crippen LogP contribution in [0.2, 0.25) is 0 Å². The van der Waals surface area contributed by atoms with E-state index in [1.807, 2.05) is 0 Å². The van der Waals surface area contributed by atoms with E-state index in [4.69, 9.17) is 15.5 Å². The summed E-state index contributed by atoms with van der Waals surface area (Å²) in [5, 5.41) is 0. The van der Waals surface area contributed by atoms with E-state index in [1.54, 1.807) is 0 Å². The van der Waals surface area contributed by atoms with Crippen molar-refractivity contribution in [2.24, 2.45) is 5.73 Å². The molecule has 1 aliphatic heterocycles. The van der Waals surface area contributed by atoms with Gasteiger partial charge in [-0.3, -0.25) is 0 Å².